The molecule has 0 spiro atoms. The van der Waals surface area contributed by atoms with Crippen LogP contribution in [-0.4, -0.2) is 19.9 Å². The Bertz CT molecular complexity index is 2760. The predicted octanol–water partition coefficient (Wildman–Crippen LogP) is 11.2. The Morgan fingerprint density at radius 2 is 1.18 bits per heavy atom. The van der Waals surface area contributed by atoms with Crippen molar-refractivity contribution in [2.24, 2.45) is 0 Å². The van der Waals surface area contributed by atoms with Crippen LogP contribution in [0.25, 0.3) is 95.5 Å². The van der Waals surface area contributed by atoms with Crippen LogP contribution in [0.15, 0.2) is 149 Å². The Labute approximate surface area is 287 Å². The average molecular weight is 645 g/mol. The van der Waals surface area contributed by atoms with Crippen LogP contribution in [0.3, 0.4) is 0 Å². The second-order valence-corrected chi connectivity index (χ2v) is 12.5. The van der Waals surface area contributed by atoms with E-state index in [1.54, 1.807) is 6.20 Å². The molecule has 0 saturated carbocycles. The van der Waals surface area contributed by atoms with E-state index in [4.69, 9.17) is 28.8 Å². The molecule has 0 fully saturated rings. The van der Waals surface area contributed by atoms with Crippen LogP contribution in [0.4, 0.5) is 0 Å². The minimum Gasteiger partial charge on any atom is -0.460 e. The number of rotatable bonds is 5. The second kappa shape index (κ2) is 11.5. The van der Waals surface area contributed by atoms with E-state index in [9.17, 15) is 0 Å². The third-order valence-corrected chi connectivity index (χ3v) is 9.48. The van der Waals surface area contributed by atoms with Crippen LogP contribution in [0.5, 0.6) is 0 Å². The van der Waals surface area contributed by atoms with E-state index in [0.29, 0.717) is 17.5 Å². The number of furan rings is 2. The largest absolute Gasteiger partial charge is 0.460 e. The van der Waals surface area contributed by atoms with Crippen molar-refractivity contribution >= 4 is 39.0 Å². The minimum absolute atomic E-state index is 0.547. The fourth-order valence-electron chi connectivity index (χ4n) is 7.01. The third kappa shape index (κ3) is 4.72. The maximum absolute atomic E-state index is 6.50. The lowest BCUT2D eigenvalue weighted by Gasteiger charge is -2.10. The van der Waals surface area contributed by atoms with Gasteiger partial charge in [0.15, 0.2) is 17.5 Å². The van der Waals surface area contributed by atoms with Gasteiger partial charge in [-0.2, -0.15) is 0 Å². The van der Waals surface area contributed by atoms with E-state index in [1.165, 1.54) is 0 Å². The molecule has 0 bridgehead atoms. The number of para-hydroxylation sites is 3. The third-order valence-electron chi connectivity index (χ3n) is 9.48. The monoisotopic (exact) mass is 644 g/mol. The molecule has 5 aromatic carbocycles. The molecular weight excluding hydrogens is 617 g/mol. The standard InChI is InChI=1S/C44H28N4O2/c1-2-10-27(11-3-1)28-20-22-29(23-21-28)42-46-43(48-44(47-42)36-17-9-15-34-32-13-5-7-19-39(32)50-41(34)36)30-24-25-45-37(26-30)35-16-8-14-33-31-12-4-6-18-38(31)49-40(33)35/h1-6,8-18,20-26H,7,19H2. The Balaban J connectivity index is 1.14. The smallest absolute Gasteiger partial charge is 0.167 e. The molecule has 0 unspecified atom stereocenters. The molecule has 6 heteroatoms. The highest BCUT2D eigenvalue weighted by Crippen LogP contribution is 2.38. The summed E-state index contributed by atoms with van der Waals surface area (Å²) in [4.78, 5) is 20.0. The van der Waals surface area contributed by atoms with Crippen molar-refractivity contribution in [3.05, 3.63) is 151 Å². The first-order chi connectivity index (χ1) is 24.8. The lowest BCUT2D eigenvalue weighted by Crippen LogP contribution is -2.01. The summed E-state index contributed by atoms with van der Waals surface area (Å²) in [6, 6.07) is 43.2. The number of nitrogens with zero attached hydrogens (tertiary/aromatic N) is 4. The minimum atomic E-state index is 0.547. The van der Waals surface area contributed by atoms with Gasteiger partial charge in [-0.15, -0.1) is 0 Å². The summed E-state index contributed by atoms with van der Waals surface area (Å²) < 4.78 is 12.9. The predicted molar refractivity (Wildman–Crippen MR) is 199 cm³/mol. The Kier molecular flexibility index (Phi) is 6.52. The van der Waals surface area contributed by atoms with Gasteiger partial charge in [0.2, 0.25) is 0 Å². The number of aromatic nitrogens is 4. The van der Waals surface area contributed by atoms with Crippen molar-refractivity contribution in [3.63, 3.8) is 0 Å². The van der Waals surface area contributed by atoms with Gasteiger partial charge in [0.25, 0.3) is 0 Å². The summed E-state index contributed by atoms with van der Waals surface area (Å²) in [5.41, 5.74) is 10.1. The molecular formula is C44H28N4O2. The van der Waals surface area contributed by atoms with Crippen LogP contribution in [0.1, 0.15) is 17.7 Å². The zero-order valence-corrected chi connectivity index (χ0v) is 26.9. The molecule has 1 aliphatic rings. The molecule has 0 atom stereocenters. The Morgan fingerprint density at radius 3 is 2.06 bits per heavy atom. The molecule has 236 valence electrons. The van der Waals surface area contributed by atoms with Gasteiger partial charge < -0.3 is 8.83 Å². The van der Waals surface area contributed by atoms with Crippen LogP contribution in [0.2, 0.25) is 0 Å². The first-order valence-corrected chi connectivity index (χ1v) is 16.8. The Hall–Kier alpha value is -6.66. The molecule has 10 rings (SSSR count). The lowest BCUT2D eigenvalue weighted by atomic mass is 10.0. The zero-order valence-electron chi connectivity index (χ0n) is 26.9. The highest BCUT2D eigenvalue weighted by Gasteiger charge is 2.21. The molecule has 0 saturated heterocycles. The van der Waals surface area contributed by atoms with E-state index in [1.807, 2.05) is 72.8 Å². The maximum atomic E-state index is 6.50. The number of allylic oxidation sites excluding steroid dienone is 1. The normalized spacial score (nSPS) is 12.6. The zero-order chi connectivity index (χ0) is 33.0. The fraction of sp³-hybridized carbons (Fsp3) is 0.0455. The number of hydrogen-bond donors (Lipinski definition) is 0. The molecule has 50 heavy (non-hydrogen) atoms. The summed E-state index contributed by atoms with van der Waals surface area (Å²) in [7, 11) is 0. The van der Waals surface area contributed by atoms with Gasteiger partial charge in [0.1, 0.15) is 22.5 Å². The number of hydrogen-bond acceptors (Lipinski definition) is 6. The van der Waals surface area contributed by atoms with E-state index >= 15 is 0 Å². The summed E-state index contributed by atoms with van der Waals surface area (Å²) in [5.74, 6) is 2.68. The lowest BCUT2D eigenvalue weighted by molar-refractivity contribution is 0.547. The molecule has 0 radical (unpaired) electrons. The van der Waals surface area contributed by atoms with Gasteiger partial charge in [0.05, 0.1) is 11.3 Å². The van der Waals surface area contributed by atoms with Crippen molar-refractivity contribution in [2.75, 3.05) is 0 Å². The van der Waals surface area contributed by atoms with Gasteiger partial charge in [-0.25, -0.2) is 15.0 Å². The summed E-state index contributed by atoms with van der Waals surface area (Å²) in [6.07, 6.45) is 8.01. The SMILES string of the molecule is C1=Cc2c(oc3c(-c4nc(-c5ccc(-c6ccccc6)cc5)nc(-c5ccnc(-c6cccc7c6oc6ccccc67)c5)n4)cccc23)CC1. The number of fused-ring (bicyclic) bond motifs is 6. The molecule has 4 heterocycles. The van der Waals surface area contributed by atoms with Crippen LogP contribution < -0.4 is 0 Å². The maximum Gasteiger partial charge on any atom is 0.167 e. The fourth-order valence-corrected chi connectivity index (χ4v) is 7.01. The average Bonchev–Trinajstić information content (AvgIpc) is 3.77. The molecule has 0 N–H and O–H groups in total. The molecule has 1 aliphatic carbocycles. The first kappa shape index (κ1) is 28.4. The number of aryl methyl sites for hydroxylation is 1. The summed E-state index contributed by atoms with van der Waals surface area (Å²) >= 11 is 0. The van der Waals surface area contributed by atoms with Gasteiger partial charge in [-0.3, -0.25) is 4.98 Å². The molecule has 0 amide bonds. The summed E-state index contributed by atoms with van der Waals surface area (Å²) in [6.45, 7) is 0. The first-order valence-electron chi connectivity index (χ1n) is 16.8. The van der Waals surface area contributed by atoms with Crippen LogP contribution in [-0.2, 0) is 6.42 Å². The molecule has 4 aromatic heterocycles. The van der Waals surface area contributed by atoms with Crippen LogP contribution >= 0.6 is 0 Å². The topological polar surface area (TPSA) is 77.8 Å². The van der Waals surface area contributed by atoms with Gasteiger partial charge in [-0.05, 0) is 47.9 Å². The van der Waals surface area contributed by atoms with Crippen molar-refractivity contribution in [3.8, 4) is 56.5 Å². The van der Waals surface area contributed by atoms with Crippen molar-refractivity contribution in [1.82, 2.24) is 19.9 Å². The van der Waals surface area contributed by atoms with Gasteiger partial charge in [0, 0.05) is 51.0 Å². The molecule has 6 nitrogen and oxygen atoms in total. The highest BCUT2D eigenvalue weighted by atomic mass is 16.3. The van der Waals surface area contributed by atoms with Crippen LogP contribution in [0, 0.1) is 0 Å². The molecule has 9 aromatic rings. The summed E-state index contributed by atoms with van der Waals surface area (Å²) in [5, 5.41) is 3.20. The molecule has 0 aliphatic heterocycles. The number of pyridine rings is 1. The van der Waals surface area contributed by atoms with E-state index in [2.05, 4.69) is 66.7 Å². The van der Waals surface area contributed by atoms with E-state index in [0.717, 1.165) is 96.1 Å². The van der Waals surface area contributed by atoms with Gasteiger partial charge in [-0.1, -0.05) is 109 Å². The van der Waals surface area contributed by atoms with E-state index < -0.39 is 0 Å². The highest BCUT2D eigenvalue weighted by molar-refractivity contribution is 6.09. The van der Waals surface area contributed by atoms with Crippen molar-refractivity contribution < 1.29 is 8.83 Å². The van der Waals surface area contributed by atoms with Gasteiger partial charge >= 0.3 is 0 Å². The second-order valence-electron chi connectivity index (χ2n) is 12.5. The number of benzene rings is 5. The quantitative estimate of drug-likeness (QED) is 0.185. The van der Waals surface area contributed by atoms with E-state index in [-0.39, 0.29) is 0 Å². The van der Waals surface area contributed by atoms with Crippen molar-refractivity contribution in [2.45, 2.75) is 12.8 Å². The van der Waals surface area contributed by atoms with Crippen molar-refractivity contribution in [1.29, 1.82) is 0 Å². The Morgan fingerprint density at radius 1 is 0.500 bits per heavy atom.